The van der Waals surface area contributed by atoms with Gasteiger partial charge in [-0.05, 0) is 18.6 Å². The van der Waals surface area contributed by atoms with Gasteiger partial charge in [0.05, 0.1) is 17.9 Å². The summed E-state index contributed by atoms with van der Waals surface area (Å²) < 4.78 is 1.71. The maximum atomic E-state index is 11.9. The second-order valence-electron chi connectivity index (χ2n) is 4.28. The molecule has 0 saturated carbocycles. The van der Waals surface area contributed by atoms with Gasteiger partial charge < -0.3 is 10.6 Å². The molecule has 100 valence electrons. The minimum atomic E-state index is -0.0773. The lowest BCUT2D eigenvalue weighted by molar-refractivity contribution is -0.114. The Balaban J connectivity index is 1.91. The highest BCUT2D eigenvalue weighted by atomic mass is 16.1. The smallest absolute Gasteiger partial charge is 0.243 e. The van der Waals surface area contributed by atoms with Gasteiger partial charge in [0.2, 0.25) is 5.91 Å². The molecule has 2 aromatic rings. The van der Waals surface area contributed by atoms with Gasteiger partial charge in [-0.2, -0.15) is 5.10 Å². The Kier molecular flexibility index (Phi) is 4.18. The molecule has 0 atom stereocenters. The maximum Gasteiger partial charge on any atom is 0.243 e. The van der Waals surface area contributed by atoms with E-state index in [1.807, 2.05) is 50.5 Å². The van der Waals surface area contributed by atoms with E-state index in [0.717, 1.165) is 23.5 Å². The third-order valence-corrected chi connectivity index (χ3v) is 2.74. The van der Waals surface area contributed by atoms with Crippen LogP contribution in [-0.4, -0.2) is 22.2 Å². The molecule has 0 aliphatic heterocycles. The quantitative estimate of drug-likeness (QED) is 0.862. The summed E-state index contributed by atoms with van der Waals surface area (Å²) >= 11 is 0. The van der Waals surface area contributed by atoms with Gasteiger partial charge in [0.1, 0.15) is 0 Å². The topological polar surface area (TPSA) is 59.0 Å². The average Bonchev–Trinajstić information content (AvgIpc) is 2.77. The van der Waals surface area contributed by atoms with Gasteiger partial charge in [-0.25, -0.2) is 0 Å². The number of aryl methyl sites for hydroxylation is 2. The van der Waals surface area contributed by atoms with Crippen LogP contribution in [0.5, 0.6) is 0 Å². The lowest BCUT2D eigenvalue weighted by Gasteiger charge is -2.07. The molecular weight excluding hydrogens is 240 g/mol. The summed E-state index contributed by atoms with van der Waals surface area (Å²) in [4.78, 5) is 11.9. The fourth-order valence-corrected chi connectivity index (χ4v) is 1.83. The molecular formula is C14H18N4O. The predicted octanol–water partition coefficient (Wildman–Crippen LogP) is 2.03. The van der Waals surface area contributed by atoms with Crippen LogP contribution in [0.2, 0.25) is 0 Å². The zero-order chi connectivity index (χ0) is 13.7. The third-order valence-electron chi connectivity index (χ3n) is 2.74. The SMILES string of the molecule is CCc1nn(C)cc1NC(=O)CNc1ccccc1. The molecule has 2 rings (SSSR count). The molecule has 5 heteroatoms. The molecule has 1 amide bonds. The molecule has 19 heavy (non-hydrogen) atoms. The number of amides is 1. The molecule has 2 N–H and O–H groups in total. The van der Waals surface area contributed by atoms with Crippen molar-refractivity contribution in [1.82, 2.24) is 9.78 Å². The fraction of sp³-hybridized carbons (Fsp3) is 0.286. The number of anilines is 2. The Bertz CT molecular complexity index is 548. The van der Waals surface area contributed by atoms with Gasteiger partial charge in [0, 0.05) is 18.9 Å². The van der Waals surface area contributed by atoms with Crippen molar-refractivity contribution in [2.24, 2.45) is 7.05 Å². The summed E-state index contributed by atoms with van der Waals surface area (Å²) in [7, 11) is 1.84. The van der Waals surface area contributed by atoms with Crippen molar-refractivity contribution in [1.29, 1.82) is 0 Å². The number of nitrogens with zero attached hydrogens (tertiary/aromatic N) is 2. The summed E-state index contributed by atoms with van der Waals surface area (Å²) in [5.74, 6) is -0.0773. The molecule has 0 unspecified atom stereocenters. The van der Waals surface area contributed by atoms with Crippen molar-refractivity contribution >= 4 is 17.3 Å². The normalized spacial score (nSPS) is 10.2. The minimum absolute atomic E-state index is 0.0773. The van der Waals surface area contributed by atoms with Gasteiger partial charge >= 0.3 is 0 Å². The van der Waals surface area contributed by atoms with Crippen molar-refractivity contribution in [2.45, 2.75) is 13.3 Å². The molecule has 1 aromatic carbocycles. The summed E-state index contributed by atoms with van der Waals surface area (Å²) in [6, 6.07) is 9.64. The molecule has 0 spiro atoms. The predicted molar refractivity (Wildman–Crippen MR) is 76.1 cm³/mol. The van der Waals surface area contributed by atoms with Crippen molar-refractivity contribution in [3.63, 3.8) is 0 Å². The fourth-order valence-electron chi connectivity index (χ4n) is 1.83. The highest BCUT2D eigenvalue weighted by molar-refractivity contribution is 5.94. The number of nitrogens with one attached hydrogen (secondary N) is 2. The molecule has 0 aliphatic carbocycles. The summed E-state index contributed by atoms with van der Waals surface area (Å²) in [5, 5.41) is 10.2. The molecule has 5 nitrogen and oxygen atoms in total. The van der Waals surface area contributed by atoms with Crippen molar-refractivity contribution in [3.8, 4) is 0 Å². The van der Waals surface area contributed by atoms with Gasteiger partial charge in [-0.3, -0.25) is 9.48 Å². The van der Waals surface area contributed by atoms with E-state index in [1.54, 1.807) is 4.68 Å². The van der Waals surface area contributed by atoms with E-state index in [9.17, 15) is 4.79 Å². The lowest BCUT2D eigenvalue weighted by Crippen LogP contribution is -2.22. The van der Waals surface area contributed by atoms with Crippen LogP contribution >= 0.6 is 0 Å². The number of aromatic nitrogens is 2. The highest BCUT2D eigenvalue weighted by Gasteiger charge is 2.09. The van der Waals surface area contributed by atoms with Crippen LogP contribution in [0, 0.1) is 0 Å². The molecule has 0 saturated heterocycles. The first-order valence-corrected chi connectivity index (χ1v) is 6.30. The summed E-state index contributed by atoms with van der Waals surface area (Å²) in [6.45, 7) is 2.25. The van der Waals surface area contributed by atoms with E-state index < -0.39 is 0 Å². The summed E-state index contributed by atoms with van der Waals surface area (Å²) in [6.07, 6.45) is 2.61. The largest absolute Gasteiger partial charge is 0.376 e. The molecule has 0 aliphatic rings. The Hall–Kier alpha value is -2.30. The Morgan fingerprint density at radius 3 is 2.74 bits per heavy atom. The van der Waals surface area contributed by atoms with E-state index in [4.69, 9.17) is 0 Å². The zero-order valence-electron chi connectivity index (χ0n) is 11.2. The molecule has 1 aromatic heterocycles. The summed E-state index contributed by atoms with van der Waals surface area (Å²) in [5.41, 5.74) is 2.61. The van der Waals surface area contributed by atoms with Crippen LogP contribution in [0.15, 0.2) is 36.5 Å². The standard InChI is InChI=1S/C14H18N4O/c1-3-12-13(10-18(2)17-12)16-14(19)9-15-11-7-5-4-6-8-11/h4-8,10,15H,3,9H2,1-2H3,(H,16,19). The van der Waals surface area contributed by atoms with Gasteiger partial charge in [0.15, 0.2) is 0 Å². The number of carbonyl (C=O) groups is 1. The van der Waals surface area contributed by atoms with Crippen LogP contribution in [0.4, 0.5) is 11.4 Å². The monoisotopic (exact) mass is 258 g/mol. The van der Waals surface area contributed by atoms with Gasteiger partial charge in [-0.1, -0.05) is 25.1 Å². The van der Waals surface area contributed by atoms with E-state index in [1.165, 1.54) is 0 Å². The molecule has 1 heterocycles. The first-order valence-electron chi connectivity index (χ1n) is 6.30. The average molecular weight is 258 g/mol. The Morgan fingerprint density at radius 2 is 2.05 bits per heavy atom. The lowest BCUT2D eigenvalue weighted by atomic mass is 10.3. The van der Waals surface area contributed by atoms with Crippen LogP contribution in [0.25, 0.3) is 0 Å². The third kappa shape index (κ3) is 3.58. The molecule has 0 radical (unpaired) electrons. The number of hydrogen-bond acceptors (Lipinski definition) is 3. The Morgan fingerprint density at radius 1 is 1.32 bits per heavy atom. The second-order valence-corrected chi connectivity index (χ2v) is 4.28. The number of carbonyl (C=O) groups excluding carboxylic acids is 1. The van der Waals surface area contributed by atoms with Crippen molar-refractivity contribution in [2.75, 3.05) is 17.2 Å². The zero-order valence-corrected chi connectivity index (χ0v) is 11.2. The molecule has 0 bridgehead atoms. The Labute approximate surface area is 112 Å². The van der Waals surface area contributed by atoms with Gasteiger partial charge in [0.25, 0.3) is 0 Å². The van der Waals surface area contributed by atoms with E-state index in [0.29, 0.717) is 0 Å². The molecule has 0 fully saturated rings. The highest BCUT2D eigenvalue weighted by Crippen LogP contribution is 2.13. The van der Waals surface area contributed by atoms with Crippen molar-refractivity contribution in [3.05, 3.63) is 42.2 Å². The number of rotatable bonds is 5. The van der Waals surface area contributed by atoms with E-state index >= 15 is 0 Å². The number of para-hydroxylation sites is 1. The minimum Gasteiger partial charge on any atom is -0.376 e. The number of benzene rings is 1. The van der Waals surface area contributed by atoms with Crippen molar-refractivity contribution < 1.29 is 4.79 Å². The van der Waals surface area contributed by atoms with Gasteiger partial charge in [-0.15, -0.1) is 0 Å². The maximum absolute atomic E-state index is 11.9. The first-order chi connectivity index (χ1) is 9.19. The van der Waals surface area contributed by atoms with Crippen LogP contribution in [0.3, 0.4) is 0 Å². The van der Waals surface area contributed by atoms with E-state index in [2.05, 4.69) is 15.7 Å². The second kappa shape index (κ2) is 6.04. The van der Waals surface area contributed by atoms with Crippen LogP contribution < -0.4 is 10.6 Å². The van der Waals surface area contributed by atoms with Crippen LogP contribution in [-0.2, 0) is 18.3 Å². The first kappa shape index (κ1) is 13.1. The number of hydrogen-bond donors (Lipinski definition) is 2. The van der Waals surface area contributed by atoms with Crippen LogP contribution in [0.1, 0.15) is 12.6 Å². The van der Waals surface area contributed by atoms with E-state index in [-0.39, 0.29) is 12.5 Å².